The Morgan fingerprint density at radius 1 is 1.21 bits per heavy atom. The van der Waals surface area contributed by atoms with Gasteiger partial charge in [0, 0.05) is 29.2 Å². The summed E-state index contributed by atoms with van der Waals surface area (Å²) in [5.74, 6) is 0.438. The first-order valence-corrected chi connectivity index (χ1v) is 9.79. The lowest BCUT2D eigenvalue weighted by molar-refractivity contribution is -0.123. The normalized spacial score (nSPS) is 19.1. The summed E-state index contributed by atoms with van der Waals surface area (Å²) in [6.07, 6.45) is 0.595. The Morgan fingerprint density at radius 3 is 2.79 bits per heavy atom. The zero-order valence-electron chi connectivity index (χ0n) is 15.6. The number of fused-ring (bicyclic) bond motifs is 1. The zero-order chi connectivity index (χ0) is 19.5. The number of halogens is 1. The highest BCUT2D eigenvalue weighted by molar-refractivity contribution is 6.30. The molecule has 7 heteroatoms. The molecule has 2 unspecified atom stereocenters. The van der Waals surface area contributed by atoms with E-state index in [1.165, 1.54) is 16.6 Å². The fourth-order valence-electron chi connectivity index (χ4n) is 3.63. The number of rotatable bonds is 6. The highest BCUT2D eigenvalue weighted by Gasteiger charge is 2.28. The zero-order valence-corrected chi connectivity index (χ0v) is 16.4. The van der Waals surface area contributed by atoms with Crippen molar-refractivity contribution < 1.29 is 9.53 Å². The molecule has 6 nitrogen and oxygen atoms in total. The summed E-state index contributed by atoms with van der Waals surface area (Å²) in [6, 6.07) is 17.6. The van der Waals surface area contributed by atoms with Crippen LogP contribution in [0.5, 0.6) is 5.75 Å². The Kier molecular flexibility index (Phi) is 5.52. The SMILES string of the molecule is CCn1c(C2CC(NC(=O)COc3ccc(Cl)cc3)NN2)cc2ccccc21. The molecule has 146 valence electrons. The van der Waals surface area contributed by atoms with Gasteiger partial charge >= 0.3 is 0 Å². The van der Waals surface area contributed by atoms with Crippen molar-refractivity contribution in [2.24, 2.45) is 0 Å². The maximum atomic E-state index is 12.2. The van der Waals surface area contributed by atoms with E-state index in [-0.39, 0.29) is 24.7 Å². The first-order chi connectivity index (χ1) is 13.6. The van der Waals surface area contributed by atoms with E-state index in [2.05, 4.69) is 58.0 Å². The largest absolute Gasteiger partial charge is 0.484 e. The molecule has 1 amide bonds. The van der Waals surface area contributed by atoms with Crippen LogP contribution in [0.15, 0.2) is 54.6 Å². The number of hydrogen-bond acceptors (Lipinski definition) is 4. The van der Waals surface area contributed by atoms with Crippen molar-refractivity contribution in [1.82, 2.24) is 20.7 Å². The molecule has 1 fully saturated rings. The molecule has 1 aliphatic rings. The molecule has 3 N–H and O–H groups in total. The lowest BCUT2D eigenvalue weighted by Crippen LogP contribution is -2.45. The van der Waals surface area contributed by atoms with Gasteiger partial charge in [-0.25, -0.2) is 10.9 Å². The van der Waals surface area contributed by atoms with Crippen molar-refractivity contribution >= 4 is 28.4 Å². The monoisotopic (exact) mass is 398 g/mol. The van der Waals surface area contributed by atoms with Gasteiger partial charge in [-0.1, -0.05) is 29.8 Å². The molecule has 0 saturated carbocycles. The minimum absolute atomic E-state index is 0.0420. The number of aromatic nitrogens is 1. The summed E-state index contributed by atoms with van der Waals surface area (Å²) in [6.45, 7) is 3.00. The second-order valence-electron chi connectivity index (χ2n) is 6.81. The van der Waals surface area contributed by atoms with Crippen molar-refractivity contribution in [3.05, 3.63) is 65.3 Å². The van der Waals surface area contributed by atoms with Crippen LogP contribution in [-0.4, -0.2) is 23.2 Å². The highest BCUT2D eigenvalue weighted by atomic mass is 35.5. The third-order valence-electron chi connectivity index (χ3n) is 4.94. The number of carbonyl (C=O) groups is 1. The van der Waals surface area contributed by atoms with E-state index in [4.69, 9.17) is 16.3 Å². The Labute approximate surface area is 168 Å². The molecule has 0 bridgehead atoms. The molecule has 2 atom stereocenters. The van der Waals surface area contributed by atoms with Gasteiger partial charge in [0.2, 0.25) is 0 Å². The number of hydrazine groups is 1. The fourth-order valence-corrected chi connectivity index (χ4v) is 3.76. The average Bonchev–Trinajstić information content (AvgIpc) is 3.31. The van der Waals surface area contributed by atoms with Crippen LogP contribution < -0.4 is 20.9 Å². The van der Waals surface area contributed by atoms with Gasteiger partial charge in [-0.15, -0.1) is 0 Å². The fraction of sp³-hybridized carbons (Fsp3) is 0.286. The molecular weight excluding hydrogens is 376 g/mol. The van der Waals surface area contributed by atoms with Crippen LogP contribution in [-0.2, 0) is 11.3 Å². The summed E-state index contributed by atoms with van der Waals surface area (Å²) in [7, 11) is 0. The molecule has 1 saturated heterocycles. The first kappa shape index (κ1) is 18.8. The number of para-hydroxylation sites is 1. The lowest BCUT2D eigenvalue weighted by Gasteiger charge is -2.14. The molecule has 2 heterocycles. The molecular formula is C21H23ClN4O2. The maximum absolute atomic E-state index is 12.2. The van der Waals surface area contributed by atoms with Crippen LogP contribution in [0.3, 0.4) is 0 Å². The quantitative estimate of drug-likeness (QED) is 0.595. The first-order valence-electron chi connectivity index (χ1n) is 9.41. The molecule has 1 aromatic heterocycles. The predicted molar refractivity (Wildman–Crippen MR) is 110 cm³/mol. The van der Waals surface area contributed by atoms with E-state index in [1.54, 1.807) is 24.3 Å². The van der Waals surface area contributed by atoms with Gasteiger partial charge in [0.05, 0.1) is 12.2 Å². The standard InChI is InChI=1S/C21H23ClN4O2/c1-2-26-18-6-4-3-5-14(18)11-19(26)17-12-20(25-24-17)23-21(27)13-28-16-9-7-15(22)8-10-16/h3-11,17,20,24-25H,2,12-13H2,1H3,(H,23,27). The van der Waals surface area contributed by atoms with Crippen molar-refractivity contribution in [3.8, 4) is 5.75 Å². The number of benzene rings is 2. The van der Waals surface area contributed by atoms with E-state index in [0.717, 1.165) is 13.0 Å². The number of carbonyl (C=O) groups excluding carboxylic acids is 1. The van der Waals surface area contributed by atoms with Crippen LogP contribution in [0, 0.1) is 0 Å². The van der Waals surface area contributed by atoms with E-state index in [9.17, 15) is 4.79 Å². The van der Waals surface area contributed by atoms with Crippen molar-refractivity contribution in [1.29, 1.82) is 0 Å². The molecule has 4 rings (SSSR count). The Bertz CT molecular complexity index is 970. The molecule has 0 radical (unpaired) electrons. The number of nitrogens with one attached hydrogen (secondary N) is 3. The minimum atomic E-state index is -0.175. The minimum Gasteiger partial charge on any atom is -0.484 e. The summed E-state index contributed by atoms with van der Waals surface area (Å²) < 4.78 is 7.81. The van der Waals surface area contributed by atoms with Crippen LogP contribution in [0.2, 0.25) is 5.02 Å². The maximum Gasteiger partial charge on any atom is 0.259 e. The van der Waals surface area contributed by atoms with E-state index >= 15 is 0 Å². The smallest absolute Gasteiger partial charge is 0.259 e. The van der Waals surface area contributed by atoms with E-state index in [0.29, 0.717) is 10.8 Å². The molecule has 3 aromatic rings. The van der Waals surface area contributed by atoms with Gasteiger partial charge in [0.25, 0.3) is 5.91 Å². The average molecular weight is 399 g/mol. The Morgan fingerprint density at radius 2 is 2.00 bits per heavy atom. The summed E-state index contributed by atoms with van der Waals surface area (Å²) >= 11 is 5.85. The molecule has 0 spiro atoms. The second-order valence-corrected chi connectivity index (χ2v) is 7.25. The van der Waals surface area contributed by atoms with Gasteiger partial charge in [-0.3, -0.25) is 4.79 Å². The highest BCUT2D eigenvalue weighted by Crippen LogP contribution is 2.28. The van der Waals surface area contributed by atoms with Crippen LogP contribution in [0.25, 0.3) is 10.9 Å². The molecule has 0 aliphatic carbocycles. The van der Waals surface area contributed by atoms with Gasteiger partial charge in [-0.05, 0) is 48.7 Å². The summed E-state index contributed by atoms with van der Waals surface area (Å²) in [5, 5.41) is 4.82. The van der Waals surface area contributed by atoms with Gasteiger partial charge in [0.1, 0.15) is 5.75 Å². The van der Waals surface area contributed by atoms with Gasteiger partial charge in [-0.2, -0.15) is 0 Å². The third kappa shape index (κ3) is 3.99. The Balaban J connectivity index is 1.35. The van der Waals surface area contributed by atoms with Gasteiger partial charge < -0.3 is 14.6 Å². The van der Waals surface area contributed by atoms with Crippen molar-refractivity contribution in [2.75, 3.05) is 6.61 Å². The van der Waals surface area contributed by atoms with Gasteiger partial charge in [0.15, 0.2) is 6.61 Å². The lowest BCUT2D eigenvalue weighted by atomic mass is 10.1. The van der Waals surface area contributed by atoms with E-state index in [1.807, 2.05) is 0 Å². The predicted octanol–water partition coefficient (Wildman–Crippen LogP) is 3.37. The molecule has 2 aromatic carbocycles. The van der Waals surface area contributed by atoms with E-state index < -0.39 is 0 Å². The van der Waals surface area contributed by atoms with Crippen molar-refractivity contribution in [3.63, 3.8) is 0 Å². The molecule has 28 heavy (non-hydrogen) atoms. The van der Waals surface area contributed by atoms with Crippen molar-refractivity contribution in [2.45, 2.75) is 32.1 Å². The summed E-state index contributed by atoms with van der Waals surface area (Å²) in [5.41, 5.74) is 8.91. The summed E-state index contributed by atoms with van der Waals surface area (Å²) in [4.78, 5) is 12.2. The molecule has 1 aliphatic heterocycles. The topological polar surface area (TPSA) is 67.3 Å². The number of aryl methyl sites for hydroxylation is 1. The second kappa shape index (κ2) is 8.22. The Hall–Kier alpha value is -2.54. The number of nitrogens with zero attached hydrogens (tertiary/aromatic N) is 1. The third-order valence-corrected chi connectivity index (χ3v) is 5.19. The van der Waals surface area contributed by atoms with Crippen LogP contribution in [0.4, 0.5) is 0 Å². The number of hydrogen-bond donors (Lipinski definition) is 3. The number of amides is 1. The number of ether oxygens (including phenoxy) is 1. The van der Waals surface area contributed by atoms with Crippen LogP contribution in [0.1, 0.15) is 25.1 Å². The van der Waals surface area contributed by atoms with Crippen LogP contribution >= 0.6 is 11.6 Å².